The van der Waals surface area contributed by atoms with Crippen LogP contribution in [0.5, 0.6) is 0 Å². The molecule has 0 amide bonds. The van der Waals surface area contributed by atoms with Crippen LogP contribution in [0.2, 0.25) is 10.0 Å². The van der Waals surface area contributed by atoms with Gasteiger partial charge in [-0.25, -0.2) is 4.98 Å². The molecule has 0 aliphatic carbocycles. The summed E-state index contributed by atoms with van der Waals surface area (Å²) in [5.41, 5.74) is 4.31. The van der Waals surface area contributed by atoms with Crippen molar-refractivity contribution in [3.63, 3.8) is 0 Å². The third kappa shape index (κ3) is 3.53. The highest BCUT2D eigenvalue weighted by molar-refractivity contribution is 6.42. The van der Waals surface area contributed by atoms with Crippen molar-refractivity contribution in [2.75, 3.05) is 19.7 Å². The van der Waals surface area contributed by atoms with Gasteiger partial charge in [0.1, 0.15) is 5.65 Å². The zero-order chi connectivity index (χ0) is 17.4. The normalized spacial score (nSPS) is 18.8. The van der Waals surface area contributed by atoms with Gasteiger partial charge >= 0.3 is 0 Å². The number of halogens is 2. The molecule has 4 rings (SSSR count). The molecular formula is C19H19Cl2N3O. The summed E-state index contributed by atoms with van der Waals surface area (Å²) in [6.45, 7) is 5.29. The van der Waals surface area contributed by atoms with Crippen molar-refractivity contribution in [2.24, 2.45) is 0 Å². The summed E-state index contributed by atoms with van der Waals surface area (Å²) in [6.07, 6.45) is 2.12. The van der Waals surface area contributed by atoms with Gasteiger partial charge in [-0.1, -0.05) is 35.3 Å². The van der Waals surface area contributed by atoms with Crippen LogP contribution in [0.15, 0.2) is 42.6 Å². The Hall–Kier alpha value is -1.59. The van der Waals surface area contributed by atoms with Crippen molar-refractivity contribution in [3.8, 4) is 0 Å². The number of hydrogen-bond donors (Lipinski definition) is 0. The molecule has 0 spiro atoms. The van der Waals surface area contributed by atoms with Crippen LogP contribution in [-0.4, -0.2) is 34.0 Å². The van der Waals surface area contributed by atoms with Crippen molar-refractivity contribution >= 4 is 28.8 Å². The fraction of sp³-hybridized carbons (Fsp3) is 0.316. The van der Waals surface area contributed by atoms with Gasteiger partial charge in [-0.05, 0) is 36.8 Å². The minimum absolute atomic E-state index is 0.00211. The standard InChI is InChI=1S/C19H19Cl2N3O/c1-13-3-2-4-19-22-15(11-24(13)19)10-23-7-8-25-18(12-23)14-5-6-16(20)17(21)9-14/h2-6,9,11,18H,7-8,10,12H2,1H3. The highest BCUT2D eigenvalue weighted by Crippen LogP contribution is 2.29. The Kier molecular flexibility index (Phi) is 4.69. The SMILES string of the molecule is Cc1cccc2nc(CN3CCOC(c4ccc(Cl)c(Cl)c4)C3)cn12. The van der Waals surface area contributed by atoms with Gasteiger partial charge in [-0.2, -0.15) is 0 Å². The molecule has 0 radical (unpaired) electrons. The van der Waals surface area contributed by atoms with Crippen LogP contribution >= 0.6 is 23.2 Å². The number of hydrogen-bond acceptors (Lipinski definition) is 3. The Morgan fingerprint density at radius 3 is 2.88 bits per heavy atom. The van der Waals surface area contributed by atoms with E-state index in [4.69, 9.17) is 32.9 Å². The van der Waals surface area contributed by atoms with Crippen LogP contribution in [0.1, 0.15) is 23.1 Å². The molecule has 1 fully saturated rings. The largest absolute Gasteiger partial charge is 0.371 e. The van der Waals surface area contributed by atoms with Crippen molar-refractivity contribution in [3.05, 3.63) is 69.6 Å². The molecule has 25 heavy (non-hydrogen) atoms. The predicted molar refractivity (Wildman–Crippen MR) is 100 cm³/mol. The van der Waals surface area contributed by atoms with E-state index in [1.807, 2.05) is 30.3 Å². The lowest BCUT2D eigenvalue weighted by Gasteiger charge is -2.32. The first kappa shape index (κ1) is 16.9. The van der Waals surface area contributed by atoms with E-state index < -0.39 is 0 Å². The number of pyridine rings is 1. The maximum absolute atomic E-state index is 6.15. The molecule has 0 bridgehead atoms. The monoisotopic (exact) mass is 375 g/mol. The van der Waals surface area contributed by atoms with E-state index in [1.54, 1.807) is 0 Å². The first-order valence-corrected chi connectivity index (χ1v) is 9.08. The van der Waals surface area contributed by atoms with Gasteiger partial charge in [-0.3, -0.25) is 4.90 Å². The number of aryl methyl sites for hydroxylation is 1. The van der Waals surface area contributed by atoms with Crippen LogP contribution in [-0.2, 0) is 11.3 Å². The number of imidazole rings is 1. The van der Waals surface area contributed by atoms with Gasteiger partial charge in [0, 0.05) is 31.5 Å². The summed E-state index contributed by atoms with van der Waals surface area (Å²) < 4.78 is 8.07. The van der Waals surface area contributed by atoms with E-state index in [0.29, 0.717) is 16.7 Å². The molecule has 0 saturated carbocycles. The van der Waals surface area contributed by atoms with E-state index in [1.165, 1.54) is 5.69 Å². The number of morpholine rings is 1. The van der Waals surface area contributed by atoms with Gasteiger partial charge in [0.25, 0.3) is 0 Å². The Morgan fingerprint density at radius 2 is 2.08 bits per heavy atom. The Balaban J connectivity index is 1.50. The van der Waals surface area contributed by atoms with E-state index in [0.717, 1.165) is 36.5 Å². The highest BCUT2D eigenvalue weighted by atomic mass is 35.5. The van der Waals surface area contributed by atoms with Crippen molar-refractivity contribution in [1.82, 2.24) is 14.3 Å². The Morgan fingerprint density at radius 1 is 1.20 bits per heavy atom. The first-order valence-electron chi connectivity index (χ1n) is 8.32. The molecule has 1 aliphatic heterocycles. The van der Waals surface area contributed by atoms with Crippen LogP contribution < -0.4 is 0 Å². The first-order chi connectivity index (χ1) is 12.1. The topological polar surface area (TPSA) is 29.8 Å². The number of aromatic nitrogens is 2. The number of rotatable bonds is 3. The molecule has 3 aromatic rings. The Bertz CT molecular complexity index is 909. The van der Waals surface area contributed by atoms with E-state index in [-0.39, 0.29) is 6.10 Å². The quantitative estimate of drug-likeness (QED) is 0.673. The van der Waals surface area contributed by atoms with Gasteiger partial charge in [-0.15, -0.1) is 0 Å². The molecule has 1 aliphatic rings. The smallest absolute Gasteiger partial charge is 0.137 e. The van der Waals surface area contributed by atoms with Gasteiger partial charge in [0.05, 0.1) is 28.5 Å². The summed E-state index contributed by atoms with van der Waals surface area (Å²) in [7, 11) is 0. The lowest BCUT2D eigenvalue weighted by atomic mass is 10.1. The lowest BCUT2D eigenvalue weighted by molar-refractivity contribution is -0.0332. The van der Waals surface area contributed by atoms with Crippen LogP contribution in [0.4, 0.5) is 0 Å². The number of nitrogens with zero attached hydrogens (tertiary/aromatic N) is 3. The highest BCUT2D eigenvalue weighted by Gasteiger charge is 2.23. The molecule has 1 saturated heterocycles. The van der Waals surface area contributed by atoms with Crippen LogP contribution in [0, 0.1) is 6.92 Å². The van der Waals surface area contributed by atoms with Crippen molar-refractivity contribution < 1.29 is 4.74 Å². The average molecular weight is 376 g/mol. The summed E-state index contributed by atoms with van der Waals surface area (Å²) in [5.74, 6) is 0. The van der Waals surface area contributed by atoms with E-state index in [2.05, 4.69) is 28.5 Å². The second kappa shape index (κ2) is 6.96. The lowest BCUT2D eigenvalue weighted by Crippen LogP contribution is -2.37. The fourth-order valence-corrected chi connectivity index (χ4v) is 3.57. The summed E-state index contributed by atoms with van der Waals surface area (Å²) >= 11 is 12.2. The molecule has 4 nitrogen and oxygen atoms in total. The fourth-order valence-electron chi connectivity index (χ4n) is 3.26. The van der Waals surface area contributed by atoms with E-state index >= 15 is 0 Å². The second-order valence-electron chi connectivity index (χ2n) is 6.40. The molecule has 1 aromatic carbocycles. The van der Waals surface area contributed by atoms with Crippen LogP contribution in [0.25, 0.3) is 5.65 Å². The third-order valence-corrected chi connectivity index (χ3v) is 5.34. The number of ether oxygens (including phenoxy) is 1. The molecule has 2 aromatic heterocycles. The summed E-state index contributed by atoms with van der Waals surface area (Å²) in [5, 5.41) is 1.13. The molecule has 130 valence electrons. The summed E-state index contributed by atoms with van der Waals surface area (Å²) in [4.78, 5) is 7.10. The Labute approximate surface area is 156 Å². The molecular weight excluding hydrogens is 357 g/mol. The number of fused-ring (bicyclic) bond motifs is 1. The molecule has 1 atom stereocenters. The molecule has 6 heteroatoms. The zero-order valence-electron chi connectivity index (χ0n) is 14.0. The zero-order valence-corrected chi connectivity index (χ0v) is 15.5. The molecule has 0 N–H and O–H groups in total. The van der Waals surface area contributed by atoms with Crippen LogP contribution in [0.3, 0.4) is 0 Å². The van der Waals surface area contributed by atoms with E-state index in [9.17, 15) is 0 Å². The molecule has 1 unspecified atom stereocenters. The van der Waals surface area contributed by atoms with Crippen molar-refractivity contribution in [2.45, 2.75) is 19.6 Å². The summed E-state index contributed by atoms with van der Waals surface area (Å²) in [6, 6.07) is 11.9. The minimum atomic E-state index is 0.00211. The van der Waals surface area contributed by atoms with Gasteiger partial charge < -0.3 is 9.14 Å². The molecule has 3 heterocycles. The predicted octanol–water partition coefficient (Wildman–Crippen LogP) is 4.52. The number of benzene rings is 1. The van der Waals surface area contributed by atoms with Crippen molar-refractivity contribution in [1.29, 1.82) is 0 Å². The average Bonchev–Trinajstić information content (AvgIpc) is 3.01. The maximum atomic E-state index is 6.15. The van der Waals surface area contributed by atoms with Gasteiger partial charge in [0.2, 0.25) is 0 Å². The maximum Gasteiger partial charge on any atom is 0.137 e. The second-order valence-corrected chi connectivity index (χ2v) is 7.21. The third-order valence-electron chi connectivity index (χ3n) is 4.60. The minimum Gasteiger partial charge on any atom is -0.371 e. The van der Waals surface area contributed by atoms with Gasteiger partial charge in [0.15, 0.2) is 0 Å².